The van der Waals surface area contributed by atoms with Crippen LogP contribution in [0.3, 0.4) is 0 Å². The lowest BCUT2D eigenvalue weighted by atomic mass is 10.0. The van der Waals surface area contributed by atoms with Gasteiger partial charge in [-0.25, -0.2) is 4.39 Å². The Morgan fingerprint density at radius 3 is 2.66 bits per heavy atom. The van der Waals surface area contributed by atoms with E-state index in [0.717, 1.165) is 33.3 Å². The number of hydrogen-bond acceptors (Lipinski definition) is 3. The first kappa shape index (κ1) is 24.4. The first-order valence-corrected chi connectivity index (χ1v) is 11.7. The molecule has 2 N–H and O–H groups in total. The fourth-order valence-corrected chi connectivity index (χ4v) is 4.26. The average molecular weight is 493 g/mol. The quantitative estimate of drug-likeness (QED) is 0.265. The van der Waals surface area contributed by atoms with Crippen LogP contribution in [-0.4, -0.2) is 31.2 Å². The SMILES string of the molecule is CCOc1c(Cl)cc(/C=C/C(=O)NCCc2c(-c3ccc(F)cc3)[nH]c3ccccc23)cc1OC. The van der Waals surface area contributed by atoms with Crippen molar-refractivity contribution in [2.45, 2.75) is 13.3 Å². The summed E-state index contributed by atoms with van der Waals surface area (Å²) < 4.78 is 24.3. The second-order valence-corrected chi connectivity index (χ2v) is 8.28. The van der Waals surface area contributed by atoms with Gasteiger partial charge in [0.2, 0.25) is 5.91 Å². The van der Waals surface area contributed by atoms with E-state index in [9.17, 15) is 9.18 Å². The van der Waals surface area contributed by atoms with E-state index in [2.05, 4.69) is 10.3 Å². The molecule has 0 bridgehead atoms. The van der Waals surface area contributed by atoms with Gasteiger partial charge in [0.1, 0.15) is 5.82 Å². The molecule has 0 saturated carbocycles. The second-order valence-electron chi connectivity index (χ2n) is 7.87. The molecule has 0 atom stereocenters. The topological polar surface area (TPSA) is 63.3 Å². The van der Waals surface area contributed by atoms with Crippen molar-refractivity contribution >= 4 is 34.5 Å². The zero-order valence-corrected chi connectivity index (χ0v) is 20.3. The average Bonchev–Trinajstić information content (AvgIpc) is 3.23. The first-order valence-electron chi connectivity index (χ1n) is 11.3. The smallest absolute Gasteiger partial charge is 0.244 e. The van der Waals surface area contributed by atoms with Crippen LogP contribution in [0.4, 0.5) is 4.39 Å². The van der Waals surface area contributed by atoms with Crippen molar-refractivity contribution in [1.29, 1.82) is 0 Å². The highest BCUT2D eigenvalue weighted by Gasteiger charge is 2.14. The predicted molar refractivity (Wildman–Crippen MR) is 139 cm³/mol. The van der Waals surface area contributed by atoms with E-state index in [1.54, 1.807) is 37.5 Å². The maximum Gasteiger partial charge on any atom is 0.244 e. The summed E-state index contributed by atoms with van der Waals surface area (Å²) >= 11 is 6.31. The fourth-order valence-electron chi connectivity index (χ4n) is 3.98. The number of H-pyrrole nitrogens is 1. The highest BCUT2D eigenvalue weighted by atomic mass is 35.5. The number of nitrogens with one attached hydrogen (secondary N) is 2. The molecule has 0 aliphatic carbocycles. The highest BCUT2D eigenvalue weighted by molar-refractivity contribution is 6.32. The maximum atomic E-state index is 13.4. The summed E-state index contributed by atoms with van der Waals surface area (Å²) in [5.41, 5.74) is 4.60. The predicted octanol–water partition coefficient (Wildman–Crippen LogP) is 6.41. The van der Waals surface area contributed by atoms with Crippen molar-refractivity contribution < 1.29 is 18.7 Å². The fraction of sp³-hybridized carbons (Fsp3) is 0.179. The van der Waals surface area contributed by atoms with Gasteiger partial charge in [-0.2, -0.15) is 0 Å². The number of carbonyl (C=O) groups is 1. The van der Waals surface area contributed by atoms with Gasteiger partial charge in [0.15, 0.2) is 11.5 Å². The standard InChI is InChI=1S/C28H26ClFN2O3/c1-3-35-28-23(29)16-18(17-25(28)34-2)8-13-26(33)31-15-14-22-21-6-4-5-7-24(21)32-27(22)19-9-11-20(30)12-10-19/h4-13,16-17,32H,3,14-15H2,1-2H3,(H,31,33)/b13-8+. The Kier molecular flexibility index (Phi) is 7.73. The van der Waals surface area contributed by atoms with E-state index in [1.165, 1.54) is 18.2 Å². The molecule has 0 saturated heterocycles. The van der Waals surface area contributed by atoms with Crippen LogP contribution in [0.25, 0.3) is 28.2 Å². The summed E-state index contributed by atoms with van der Waals surface area (Å²) in [5.74, 6) is 0.482. The molecule has 4 aromatic rings. The summed E-state index contributed by atoms with van der Waals surface area (Å²) in [5, 5.41) is 4.42. The molecule has 7 heteroatoms. The molecule has 1 aromatic heterocycles. The Morgan fingerprint density at radius 1 is 1.14 bits per heavy atom. The van der Waals surface area contributed by atoms with Crippen LogP contribution in [0.5, 0.6) is 11.5 Å². The number of rotatable bonds is 9. The molecule has 0 fully saturated rings. The third kappa shape index (κ3) is 5.66. The Labute approximate surface area is 208 Å². The number of aromatic amines is 1. The molecule has 1 amide bonds. The Balaban J connectivity index is 1.46. The number of aromatic nitrogens is 1. The summed E-state index contributed by atoms with van der Waals surface area (Å²) in [7, 11) is 1.54. The number of amides is 1. The minimum atomic E-state index is -0.281. The molecule has 3 aromatic carbocycles. The minimum absolute atomic E-state index is 0.225. The van der Waals surface area contributed by atoms with Crippen molar-refractivity contribution in [3.63, 3.8) is 0 Å². The Hall–Kier alpha value is -3.77. The van der Waals surface area contributed by atoms with E-state index in [1.807, 2.05) is 31.2 Å². The lowest BCUT2D eigenvalue weighted by Crippen LogP contribution is -2.23. The Morgan fingerprint density at radius 2 is 1.91 bits per heavy atom. The van der Waals surface area contributed by atoms with E-state index in [4.69, 9.17) is 21.1 Å². The zero-order chi connectivity index (χ0) is 24.8. The van der Waals surface area contributed by atoms with Gasteiger partial charge >= 0.3 is 0 Å². The van der Waals surface area contributed by atoms with Gasteiger partial charge in [-0.1, -0.05) is 29.8 Å². The normalized spacial score (nSPS) is 11.2. The molecule has 4 rings (SSSR count). The van der Waals surface area contributed by atoms with Crippen LogP contribution in [0.1, 0.15) is 18.1 Å². The Bertz CT molecular complexity index is 1360. The molecule has 35 heavy (non-hydrogen) atoms. The second kappa shape index (κ2) is 11.1. The number of methoxy groups -OCH3 is 1. The number of carbonyl (C=O) groups excluding carboxylic acids is 1. The summed E-state index contributed by atoms with van der Waals surface area (Å²) in [4.78, 5) is 15.9. The maximum absolute atomic E-state index is 13.4. The van der Waals surface area contributed by atoms with Crippen molar-refractivity contribution in [3.05, 3.63) is 88.7 Å². The highest BCUT2D eigenvalue weighted by Crippen LogP contribution is 2.36. The van der Waals surface area contributed by atoms with E-state index in [-0.39, 0.29) is 11.7 Å². The van der Waals surface area contributed by atoms with Gasteiger partial charge in [0.25, 0.3) is 0 Å². The van der Waals surface area contributed by atoms with Crippen LogP contribution in [0.15, 0.2) is 66.7 Å². The monoisotopic (exact) mass is 492 g/mol. The van der Waals surface area contributed by atoms with Crippen molar-refractivity contribution in [2.75, 3.05) is 20.3 Å². The molecule has 0 aliphatic heterocycles. The third-order valence-electron chi connectivity index (χ3n) is 5.59. The number of fused-ring (bicyclic) bond motifs is 1. The van der Waals surface area contributed by atoms with Crippen LogP contribution < -0.4 is 14.8 Å². The van der Waals surface area contributed by atoms with Crippen molar-refractivity contribution in [1.82, 2.24) is 10.3 Å². The van der Waals surface area contributed by atoms with Crippen LogP contribution in [0.2, 0.25) is 5.02 Å². The molecular formula is C28H26ClFN2O3. The lowest BCUT2D eigenvalue weighted by Gasteiger charge is -2.11. The molecule has 0 aliphatic rings. The number of hydrogen-bond donors (Lipinski definition) is 2. The van der Waals surface area contributed by atoms with Gasteiger partial charge in [-0.05, 0) is 78.6 Å². The number of ether oxygens (including phenoxy) is 2. The van der Waals surface area contributed by atoms with E-state index < -0.39 is 0 Å². The van der Waals surface area contributed by atoms with Crippen molar-refractivity contribution in [3.8, 4) is 22.8 Å². The van der Waals surface area contributed by atoms with E-state index in [0.29, 0.717) is 36.1 Å². The molecule has 0 unspecified atom stereocenters. The molecule has 0 radical (unpaired) electrons. The largest absolute Gasteiger partial charge is 0.493 e. The van der Waals surface area contributed by atoms with Gasteiger partial charge < -0.3 is 19.8 Å². The van der Waals surface area contributed by atoms with Gasteiger partial charge in [-0.15, -0.1) is 0 Å². The zero-order valence-electron chi connectivity index (χ0n) is 19.5. The van der Waals surface area contributed by atoms with Gasteiger partial charge in [0.05, 0.1) is 18.7 Å². The molecule has 1 heterocycles. The van der Waals surface area contributed by atoms with Crippen molar-refractivity contribution in [2.24, 2.45) is 0 Å². The minimum Gasteiger partial charge on any atom is -0.493 e. The van der Waals surface area contributed by atoms with Gasteiger partial charge in [0, 0.05) is 29.2 Å². The number of benzene rings is 3. The van der Waals surface area contributed by atoms with Crippen LogP contribution >= 0.6 is 11.6 Å². The molecular weight excluding hydrogens is 467 g/mol. The summed E-state index contributed by atoms with van der Waals surface area (Å²) in [6.45, 7) is 2.77. The number of para-hydroxylation sites is 1. The van der Waals surface area contributed by atoms with Crippen LogP contribution in [-0.2, 0) is 11.2 Å². The first-order chi connectivity index (χ1) is 17.0. The summed E-state index contributed by atoms with van der Waals surface area (Å²) in [6.07, 6.45) is 3.75. The molecule has 0 spiro atoms. The molecule has 180 valence electrons. The van der Waals surface area contributed by atoms with Gasteiger partial charge in [-0.3, -0.25) is 4.79 Å². The lowest BCUT2D eigenvalue weighted by molar-refractivity contribution is -0.116. The van der Waals surface area contributed by atoms with Crippen LogP contribution in [0, 0.1) is 5.82 Å². The molecule has 5 nitrogen and oxygen atoms in total. The van der Waals surface area contributed by atoms with E-state index >= 15 is 0 Å². The summed E-state index contributed by atoms with van der Waals surface area (Å²) in [6, 6.07) is 17.9. The number of halogens is 2. The third-order valence-corrected chi connectivity index (χ3v) is 5.87.